The van der Waals surface area contributed by atoms with Gasteiger partial charge in [-0.1, -0.05) is 25.0 Å². The molecule has 7 heteroatoms. The summed E-state index contributed by atoms with van der Waals surface area (Å²) in [5.41, 5.74) is 4.67. The zero-order valence-corrected chi connectivity index (χ0v) is 20.1. The number of H-pyrrole nitrogens is 1. The van der Waals surface area contributed by atoms with Gasteiger partial charge in [-0.3, -0.25) is 19.7 Å². The van der Waals surface area contributed by atoms with E-state index >= 15 is 0 Å². The van der Waals surface area contributed by atoms with Crippen LogP contribution in [-0.4, -0.2) is 25.7 Å². The van der Waals surface area contributed by atoms with Crippen LogP contribution in [0.2, 0.25) is 0 Å². The van der Waals surface area contributed by atoms with E-state index in [1.807, 2.05) is 66.2 Å². The topological polar surface area (TPSA) is 92.7 Å². The number of benzene rings is 2. The van der Waals surface area contributed by atoms with Crippen LogP contribution in [0.4, 0.5) is 0 Å². The number of carbonyl (C=O) groups is 1. The number of hydrogen-bond donors (Lipinski definition) is 2. The van der Waals surface area contributed by atoms with Crippen LogP contribution < -0.4 is 10.7 Å². The number of carbonyl (C=O) groups excluding carboxylic acids is 1. The number of fused-ring (bicyclic) bond motifs is 2. The number of nitrogens with one attached hydrogen (secondary N) is 2. The molecule has 1 amide bonds. The molecule has 1 atom stereocenters. The highest BCUT2D eigenvalue weighted by atomic mass is 16.1. The van der Waals surface area contributed by atoms with Gasteiger partial charge in [0.25, 0.3) is 5.91 Å². The van der Waals surface area contributed by atoms with Crippen molar-refractivity contribution in [2.45, 2.75) is 31.7 Å². The SMILES string of the molecule is Cn1ccc(=O)c2cc(-c3n[nH]c4ccc(C(=O)NC(c5ccccn5)C5CCCC5)cc34)ccc21. The van der Waals surface area contributed by atoms with Gasteiger partial charge in [0.2, 0.25) is 0 Å². The minimum absolute atomic E-state index is 0.0302. The molecule has 1 saturated carbocycles. The van der Waals surface area contributed by atoms with Crippen molar-refractivity contribution < 1.29 is 4.79 Å². The number of aryl methyl sites for hydroxylation is 1. The maximum absolute atomic E-state index is 13.4. The molecule has 0 aliphatic heterocycles. The van der Waals surface area contributed by atoms with Gasteiger partial charge in [-0.25, -0.2) is 0 Å². The van der Waals surface area contributed by atoms with Crippen molar-refractivity contribution >= 4 is 27.7 Å². The van der Waals surface area contributed by atoms with Gasteiger partial charge < -0.3 is 9.88 Å². The molecule has 6 rings (SSSR count). The van der Waals surface area contributed by atoms with E-state index in [-0.39, 0.29) is 17.4 Å². The van der Waals surface area contributed by atoms with Crippen LogP contribution in [0.3, 0.4) is 0 Å². The number of amides is 1. The minimum atomic E-state index is -0.126. The minimum Gasteiger partial charge on any atom is -0.350 e. The third-order valence-electron chi connectivity index (χ3n) is 7.35. The number of nitrogens with zero attached hydrogens (tertiary/aromatic N) is 3. The van der Waals surface area contributed by atoms with Crippen molar-refractivity contribution in [2.24, 2.45) is 13.0 Å². The molecule has 0 saturated heterocycles. The van der Waals surface area contributed by atoms with Crippen LogP contribution in [-0.2, 0) is 7.05 Å². The standard InChI is InChI=1S/C29H27N5O2/c1-34-15-13-26(35)22-16-19(10-12-25(22)34)27-21-17-20(9-11-23(21)32-33-27)29(36)31-28(18-6-2-3-7-18)24-8-4-5-14-30-24/h4-5,8-18,28H,2-3,6-7H2,1H3,(H,31,36)(H,32,33). The summed E-state index contributed by atoms with van der Waals surface area (Å²) in [5, 5.41) is 12.3. The van der Waals surface area contributed by atoms with E-state index < -0.39 is 0 Å². The van der Waals surface area contributed by atoms with E-state index in [2.05, 4.69) is 20.5 Å². The number of hydrogen-bond acceptors (Lipinski definition) is 4. The molecule has 7 nitrogen and oxygen atoms in total. The Balaban J connectivity index is 1.36. The van der Waals surface area contributed by atoms with Crippen molar-refractivity contribution in [1.82, 2.24) is 25.1 Å². The molecule has 2 N–H and O–H groups in total. The smallest absolute Gasteiger partial charge is 0.251 e. The van der Waals surface area contributed by atoms with Gasteiger partial charge in [-0.2, -0.15) is 5.10 Å². The lowest BCUT2D eigenvalue weighted by Gasteiger charge is -2.24. The lowest BCUT2D eigenvalue weighted by Crippen LogP contribution is -2.33. The molecule has 3 heterocycles. The molecular weight excluding hydrogens is 450 g/mol. The average Bonchev–Trinajstić information content (AvgIpc) is 3.60. The predicted octanol–water partition coefficient (Wildman–Crippen LogP) is 5.14. The zero-order chi connectivity index (χ0) is 24.6. The molecule has 0 radical (unpaired) electrons. The molecule has 1 aliphatic rings. The molecule has 1 fully saturated rings. The molecule has 1 aliphatic carbocycles. The molecule has 2 aromatic carbocycles. The Hall–Kier alpha value is -4.26. The Morgan fingerprint density at radius 3 is 2.72 bits per heavy atom. The van der Waals surface area contributed by atoms with Crippen LogP contribution in [0.5, 0.6) is 0 Å². The fourth-order valence-corrected chi connectivity index (χ4v) is 5.42. The first-order valence-electron chi connectivity index (χ1n) is 12.4. The first-order chi connectivity index (χ1) is 17.6. The molecule has 1 unspecified atom stereocenters. The first-order valence-corrected chi connectivity index (χ1v) is 12.4. The molecular formula is C29H27N5O2. The van der Waals surface area contributed by atoms with Gasteiger partial charge in [0.05, 0.1) is 28.5 Å². The third kappa shape index (κ3) is 3.96. The van der Waals surface area contributed by atoms with Crippen LogP contribution in [0, 0.1) is 5.92 Å². The van der Waals surface area contributed by atoms with Gasteiger partial charge in [0.15, 0.2) is 5.43 Å². The Morgan fingerprint density at radius 2 is 1.92 bits per heavy atom. The zero-order valence-electron chi connectivity index (χ0n) is 20.1. The second-order valence-corrected chi connectivity index (χ2v) is 9.61. The average molecular weight is 478 g/mol. The lowest BCUT2D eigenvalue weighted by molar-refractivity contribution is 0.0920. The maximum atomic E-state index is 13.4. The fourth-order valence-electron chi connectivity index (χ4n) is 5.42. The number of rotatable bonds is 5. The van der Waals surface area contributed by atoms with E-state index in [1.165, 1.54) is 12.8 Å². The fraction of sp³-hybridized carbons (Fsp3) is 0.241. The van der Waals surface area contributed by atoms with Gasteiger partial charge >= 0.3 is 0 Å². The summed E-state index contributed by atoms with van der Waals surface area (Å²) < 4.78 is 1.92. The monoisotopic (exact) mass is 477 g/mol. The summed E-state index contributed by atoms with van der Waals surface area (Å²) in [6.07, 6.45) is 8.10. The highest BCUT2D eigenvalue weighted by Crippen LogP contribution is 2.35. The summed E-state index contributed by atoms with van der Waals surface area (Å²) >= 11 is 0. The first kappa shape index (κ1) is 22.2. The number of aromatic amines is 1. The van der Waals surface area contributed by atoms with Crippen LogP contribution in [0.25, 0.3) is 33.1 Å². The van der Waals surface area contributed by atoms with Gasteiger partial charge in [-0.05, 0) is 61.2 Å². The second kappa shape index (κ2) is 9.07. The molecule has 5 aromatic rings. The van der Waals surface area contributed by atoms with Crippen LogP contribution in [0.15, 0.2) is 77.9 Å². The molecule has 0 spiro atoms. The maximum Gasteiger partial charge on any atom is 0.251 e. The van der Waals surface area contributed by atoms with Crippen molar-refractivity contribution in [3.8, 4) is 11.3 Å². The van der Waals surface area contributed by atoms with Crippen molar-refractivity contribution in [2.75, 3.05) is 0 Å². The van der Waals surface area contributed by atoms with Crippen molar-refractivity contribution in [1.29, 1.82) is 0 Å². The van der Waals surface area contributed by atoms with Crippen LogP contribution >= 0.6 is 0 Å². The van der Waals surface area contributed by atoms with E-state index in [9.17, 15) is 9.59 Å². The summed E-state index contributed by atoms with van der Waals surface area (Å²) in [5.74, 6) is 0.260. The summed E-state index contributed by atoms with van der Waals surface area (Å²) in [6.45, 7) is 0. The third-order valence-corrected chi connectivity index (χ3v) is 7.35. The normalized spacial score (nSPS) is 14.9. The van der Waals surface area contributed by atoms with E-state index in [1.54, 1.807) is 18.5 Å². The second-order valence-electron chi connectivity index (χ2n) is 9.61. The van der Waals surface area contributed by atoms with Crippen LogP contribution in [0.1, 0.15) is 47.8 Å². The Morgan fingerprint density at radius 1 is 1.06 bits per heavy atom. The highest BCUT2D eigenvalue weighted by Gasteiger charge is 2.29. The quantitative estimate of drug-likeness (QED) is 0.367. The number of pyridine rings is 2. The number of aromatic nitrogens is 4. The van der Waals surface area contributed by atoms with Gasteiger partial charge in [0, 0.05) is 47.4 Å². The molecule has 3 aromatic heterocycles. The van der Waals surface area contributed by atoms with Gasteiger partial charge in [-0.15, -0.1) is 0 Å². The molecule has 36 heavy (non-hydrogen) atoms. The summed E-state index contributed by atoms with van der Waals surface area (Å²) in [6, 6.07) is 18.7. The Labute approximate surface area is 208 Å². The van der Waals surface area contributed by atoms with E-state index in [0.717, 1.165) is 40.5 Å². The Bertz CT molecular complexity index is 1630. The summed E-state index contributed by atoms with van der Waals surface area (Å²) in [4.78, 5) is 30.5. The molecule has 0 bridgehead atoms. The largest absolute Gasteiger partial charge is 0.350 e. The Kier molecular flexibility index (Phi) is 5.60. The van der Waals surface area contributed by atoms with E-state index in [0.29, 0.717) is 22.6 Å². The van der Waals surface area contributed by atoms with E-state index in [4.69, 9.17) is 0 Å². The van der Waals surface area contributed by atoms with Crippen molar-refractivity contribution in [3.05, 3.63) is 94.5 Å². The molecule has 180 valence electrons. The van der Waals surface area contributed by atoms with Crippen molar-refractivity contribution in [3.63, 3.8) is 0 Å². The van der Waals surface area contributed by atoms with Gasteiger partial charge in [0.1, 0.15) is 0 Å². The summed E-state index contributed by atoms with van der Waals surface area (Å²) in [7, 11) is 1.92. The highest BCUT2D eigenvalue weighted by molar-refractivity contribution is 6.02. The predicted molar refractivity (Wildman–Crippen MR) is 141 cm³/mol. The lowest BCUT2D eigenvalue weighted by atomic mass is 9.94.